The van der Waals surface area contributed by atoms with E-state index < -0.39 is 121 Å². The number of phenolic OH excluding ortho intramolecular Hbond substituents is 1. The summed E-state index contributed by atoms with van der Waals surface area (Å²) in [5, 5.41) is 103. The molecular formula is C28H36O17. The van der Waals surface area contributed by atoms with E-state index >= 15 is 0 Å². The summed E-state index contributed by atoms with van der Waals surface area (Å²) < 4.78 is 27.2. The zero-order chi connectivity index (χ0) is 33.1. The lowest BCUT2D eigenvalue weighted by molar-refractivity contribution is -0.323. The van der Waals surface area contributed by atoms with Gasteiger partial charge in [0.2, 0.25) is 6.29 Å². The maximum Gasteiger partial charge on any atom is 0.229 e. The molecule has 12 unspecified atom stereocenters. The Morgan fingerprint density at radius 1 is 0.844 bits per heavy atom. The second-order valence-electron chi connectivity index (χ2n) is 11.8. The second-order valence-corrected chi connectivity index (χ2v) is 11.8. The normalized spacial score (nSPS) is 40.2. The Bertz CT molecular complexity index is 1360. The minimum absolute atomic E-state index is 0.205. The number of benzene rings is 1. The van der Waals surface area contributed by atoms with Gasteiger partial charge in [-0.05, 0) is 6.92 Å². The maximum atomic E-state index is 13.7. The highest BCUT2D eigenvalue weighted by Crippen LogP contribution is 2.48. The summed E-state index contributed by atoms with van der Waals surface area (Å²) in [5.74, 6) is -3.31. The molecule has 2 saturated heterocycles. The molecule has 4 aliphatic rings. The van der Waals surface area contributed by atoms with Gasteiger partial charge in [0.15, 0.2) is 29.4 Å². The number of carbonyl (C=O) groups is 2. The van der Waals surface area contributed by atoms with Crippen molar-refractivity contribution < 1.29 is 84.3 Å². The van der Waals surface area contributed by atoms with Crippen LogP contribution >= 0.6 is 0 Å². The van der Waals surface area contributed by atoms with Crippen LogP contribution in [-0.2, 0) is 14.2 Å². The molecule has 1 aromatic carbocycles. The van der Waals surface area contributed by atoms with E-state index in [4.69, 9.17) is 23.7 Å². The predicted molar refractivity (Wildman–Crippen MR) is 143 cm³/mol. The van der Waals surface area contributed by atoms with Crippen LogP contribution < -0.4 is 9.47 Å². The Morgan fingerprint density at radius 2 is 1.44 bits per heavy atom. The zero-order valence-corrected chi connectivity index (χ0v) is 24.1. The molecule has 0 aromatic heterocycles. The molecule has 250 valence electrons. The fourth-order valence-corrected chi connectivity index (χ4v) is 6.04. The summed E-state index contributed by atoms with van der Waals surface area (Å²) in [4.78, 5) is 27.3. The number of carbonyl (C=O) groups excluding carboxylic acids is 2. The van der Waals surface area contributed by atoms with Crippen molar-refractivity contribution in [2.24, 2.45) is 0 Å². The Kier molecular flexibility index (Phi) is 9.28. The number of phenols is 1. The van der Waals surface area contributed by atoms with Crippen LogP contribution in [0.25, 0.3) is 0 Å². The molecule has 17 nitrogen and oxygen atoms in total. The van der Waals surface area contributed by atoms with Gasteiger partial charge in [-0.15, -0.1) is 0 Å². The molecule has 17 heteroatoms. The van der Waals surface area contributed by atoms with Gasteiger partial charge >= 0.3 is 0 Å². The third-order valence-corrected chi connectivity index (χ3v) is 8.46. The van der Waals surface area contributed by atoms with E-state index in [0.717, 1.165) is 13.2 Å². The second kappa shape index (κ2) is 12.4. The molecule has 0 radical (unpaired) electrons. The standard InChI is InChI=1S/C28H36O17/c1-28(40)4-8-14(9(30)5-28)21(35)15-10(3-11(41-2)18(32)16(15)17(8)31)43-27-25(39)23(37)20(34)13(45-27)7-42-26-24(38)22(36)19(33)12(6-29)44-26/h3,9,12-13,19-20,22-27,29-30,32-34,36-40H,4-7H2,1-2H3. The van der Waals surface area contributed by atoms with Crippen LogP contribution in [0.15, 0.2) is 17.2 Å². The number of Topliss-reactive ketones (excluding diaryl/α,β-unsaturated/α-hetero) is 2. The number of aliphatic hydroxyl groups is 9. The quantitative estimate of drug-likeness (QED) is 0.135. The van der Waals surface area contributed by atoms with E-state index in [1.807, 2.05) is 0 Å². The number of rotatable bonds is 7. The largest absolute Gasteiger partial charge is 0.504 e. The van der Waals surface area contributed by atoms with Gasteiger partial charge < -0.3 is 74.7 Å². The number of fused-ring (bicyclic) bond motifs is 1. The van der Waals surface area contributed by atoms with Gasteiger partial charge in [-0.25, -0.2) is 0 Å². The van der Waals surface area contributed by atoms with Crippen LogP contribution in [0.5, 0.6) is 17.2 Å². The molecule has 0 amide bonds. The van der Waals surface area contributed by atoms with Crippen molar-refractivity contribution in [3.8, 4) is 17.2 Å². The molecule has 12 atom stereocenters. The van der Waals surface area contributed by atoms with Crippen molar-refractivity contribution >= 4 is 11.6 Å². The minimum Gasteiger partial charge on any atom is -0.504 e. The molecular weight excluding hydrogens is 608 g/mol. The molecule has 2 aliphatic carbocycles. The molecule has 0 spiro atoms. The van der Waals surface area contributed by atoms with Gasteiger partial charge in [-0.2, -0.15) is 0 Å². The van der Waals surface area contributed by atoms with Crippen LogP contribution in [-0.4, -0.2) is 156 Å². The van der Waals surface area contributed by atoms with Crippen molar-refractivity contribution in [3.63, 3.8) is 0 Å². The number of ketones is 2. The molecule has 0 bridgehead atoms. The van der Waals surface area contributed by atoms with Gasteiger partial charge in [0.05, 0.1) is 43.2 Å². The van der Waals surface area contributed by atoms with E-state index in [2.05, 4.69) is 0 Å². The number of methoxy groups -OCH3 is 1. The summed E-state index contributed by atoms with van der Waals surface area (Å²) in [6.07, 6.45) is -19.3. The summed E-state index contributed by atoms with van der Waals surface area (Å²) in [6.45, 7) is -0.0126. The van der Waals surface area contributed by atoms with E-state index in [1.54, 1.807) is 0 Å². The lowest BCUT2D eigenvalue weighted by Crippen LogP contribution is -2.62. The zero-order valence-electron chi connectivity index (χ0n) is 24.1. The minimum atomic E-state index is -1.96. The topological polar surface area (TPSA) is 283 Å². The Balaban J connectivity index is 1.43. The van der Waals surface area contributed by atoms with Crippen LogP contribution in [0.4, 0.5) is 0 Å². The smallest absolute Gasteiger partial charge is 0.229 e. The Labute approximate surface area is 255 Å². The van der Waals surface area contributed by atoms with Crippen molar-refractivity contribution in [2.75, 3.05) is 20.3 Å². The van der Waals surface area contributed by atoms with Gasteiger partial charge in [-0.3, -0.25) is 9.59 Å². The van der Waals surface area contributed by atoms with Crippen LogP contribution in [0.2, 0.25) is 0 Å². The van der Waals surface area contributed by atoms with E-state index in [1.165, 1.54) is 6.92 Å². The van der Waals surface area contributed by atoms with Gasteiger partial charge in [-0.1, -0.05) is 0 Å². The van der Waals surface area contributed by atoms with Crippen molar-refractivity contribution in [3.05, 3.63) is 28.3 Å². The van der Waals surface area contributed by atoms with E-state index in [-0.39, 0.29) is 29.7 Å². The maximum absolute atomic E-state index is 13.7. The highest BCUT2D eigenvalue weighted by Gasteiger charge is 2.50. The molecule has 10 N–H and O–H groups in total. The van der Waals surface area contributed by atoms with Crippen molar-refractivity contribution in [1.29, 1.82) is 0 Å². The van der Waals surface area contributed by atoms with Crippen molar-refractivity contribution in [2.45, 2.75) is 92.9 Å². The first kappa shape index (κ1) is 33.6. The fourth-order valence-electron chi connectivity index (χ4n) is 6.04. The first-order chi connectivity index (χ1) is 21.1. The first-order valence-corrected chi connectivity index (χ1v) is 14.1. The van der Waals surface area contributed by atoms with E-state index in [0.29, 0.717) is 0 Å². The lowest BCUT2D eigenvalue weighted by atomic mass is 9.71. The highest BCUT2D eigenvalue weighted by molar-refractivity contribution is 6.29. The highest BCUT2D eigenvalue weighted by atomic mass is 16.7. The Hall–Kier alpha value is -2.78. The van der Waals surface area contributed by atoms with Crippen LogP contribution in [0.3, 0.4) is 0 Å². The van der Waals surface area contributed by atoms with E-state index in [9.17, 15) is 60.7 Å². The third-order valence-electron chi connectivity index (χ3n) is 8.46. The predicted octanol–water partition coefficient (Wildman–Crippen LogP) is -4.01. The average molecular weight is 645 g/mol. The SMILES string of the molecule is COc1cc(OC2OC(COC3OC(CO)C(O)C(O)C3O)C(O)C(O)C2O)c2c(c1O)C(=O)C1=C(C2=O)C(O)CC(C)(O)C1. The molecule has 2 fully saturated rings. The summed E-state index contributed by atoms with van der Waals surface area (Å²) >= 11 is 0. The third kappa shape index (κ3) is 5.84. The number of aromatic hydroxyl groups is 1. The Morgan fingerprint density at radius 3 is 2.07 bits per heavy atom. The van der Waals surface area contributed by atoms with Crippen LogP contribution in [0, 0.1) is 0 Å². The molecule has 2 heterocycles. The fraction of sp³-hybridized carbons (Fsp3) is 0.643. The number of aliphatic hydroxyl groups excluding tert-OH is 8. The average Bonchev–Trinajstić information content (AvgIpc) is 2.98. The van der Waals surface area contributed by atoms with Gasteiger partial charge in [0.25, 0.3) is 0 Å². The molecule has 45 heavy (non-hydrogen) atoms. The first-order valence-electron chi connectivity index (χ1n) is 14.1. The molecule has 2 aliphatic heterocycles. The summed E-state index contributed by atoms with van der Waals surface area (Å²) in [7, 11) is 1.15. The number of hydrogen-bond donors (Lipinski definition) is 10. The molecule has 0 saturated carbocycles. The van der Waals surface area contributed by atoms with Gasteiger partial charge in [0.1, 0.15) is 54.6 Å². The molecule has 5 rings (SSSR count). The monoisotopic (exact) mass is 644 g/mol. The van der Waals surface area contributed by atoms with Crippen LogP contribution in [0.1, 0.15) is 40.5 Å². The lowest BCUT2D eigenvalue weighted by Gasteiger charge is -2.43. The number of hydrogen-bond acceptors (Lipinski definition) is 17. The van der Waals surface area contributed by atoms with Crippen molar-refractivity contribution in [1.82, 2.24) is 0 Å². The number of ether oxygens (including phenoxy) is 5. The van der Waals surface area contributed by atoms with Gasteiger partial charge in [0, 0.05) is 30.1 Å². The summed E-state index contributed by atoms with van der Waals surface area (Å²) in [5.41, 5.74) is -3.10. The summed E-state index contributed by atoms with van der Waals surface area (Å²) in [6, 6.07) is 1.02. The molecule has 1 aromatic rings.